The van der Waals surface area contributed by atoms with Gasteiger partial charge in [-0.2, -0.15) is 0 Å². The molecule has 0 aromatic heterocycles. The van der Waals surface area contributed by atoms with E-state index in [4.69, 9.17) is 11.5 Å². The fourth-order valence-electron chi connectivity index (χ4n) is 3.23. The third-order valence-corrected chi connectivity index (χ3v) is 4.48. The molecule has 1 unspecified atom stereocenters. The third kappa shape index (κ3) is 2.12. The van der Waals surface area contributed by atoms with Gasteiger partial charge in [-0.1, -0.05) is 18.2 Å². The minimum Gasteiger partial charge on any atom is -0.328 e. The predicted octanol–water partition coefficient (Wildman–Crippen LogP) is 2.30. The maximum Gasteiger partial charge on any atom is 0.0324 e. The summed E-state index contributed by atoms with van der Waals surface area (Å²) >= 11 is 0. The number of nitrogens with two attached hydrogens (primary N) is 2. The van der Waals surface area contributed by atoms with Crippen molar-refractivity contribution < 1.29 is 0 Å². The van der Waals surface area contributed by atoms with E-state index in [1.165, 1.54) is 42.4 Å². The van der Waals surface area contributed by atoms with Gasteiger partial charge in [0.05, 0.1) is 0 Å². The average molecular weight is 230 g/mol. The van der Waals surface area contributed by atoms with E-state index in [1.807, 2.05) is 0 Å². The van der Waals surface area contributed by atoms with Crippen molar-refractivity contribution in [1.29, 1.82) is 0 Å². The summed E-state index contributed by atoms with van der Waals surface area (Å²) in [6, 6.07) is 7.47. The highest BCUT2D eigenvalue weighted by molar-refractivity contribution is 5.35. The molecule has 4 N–H and O–H groups in total. The van der Waals surface area contributed by atoms with E-state index in [9.17, 15) is 0 Å². The summed E-state index contributed by atoms with van der Waals surface area (Å²) in [5.41, 5.74) is 16.6. The van der Waals surface area contributed by atoms with Gasteiger partial charge in [0.25, 0.3) is 0 Å². The molecule has 1 saturated carbocycles. The second-order valence-corrected chi connectivity index (χ2v) is 5.75. The van der Waals surface area contributed by atoms with E-state index in [0.29, 0.717) is 12.0 Å². The quantitative estimate of drug-likeness (QED) is 0.819. The molecule has 1 fully saturated rings. The predicted molar refractivity (Wildman–Crippen MR) is 70.7 cm³/mol. The van der Waals surface area contributed by atoms with Gasteiger partial charge >= 0.3 is 0 Å². The van der Waals surface area contributed by atoms with Crippen molar-refractivity contribution in [3.05, 3.63) is 34.9 Å². The minimum atomic E-state index is 0.196. The van der Waals surface area contributed by atoms with Gasteiger partial charge in [0.1, 0.15) is 0 Å². The molecule has 0 aliphatic heterocycles. The molecule has 3 rings (SSSR count). The van der Waals surface area contributed by atoms with Crippen LogP contribution in [0.15, 0.2) is 18.2 Å². The van der Waals surface area contributed by atoms with Crippen molar-refractivity contribution in [3.63, 3.8) is 0 Å². The molecule has 2 nitrogen and oxygen atoms in total. The van der Waals surface area contributed by atoms with Crippen LogP contribution in [0.25, 0.3) is 0 Å². The number of rotatable bonds is 2. The molecule has 0 spiro atoms. The average Bonchev–Trinajstić information content (AvgIpc) is 2.33. The van der Waals surface area contributed by atoms with Crippen LogP contribution < -0.4 is 11.5 Å². The highest BCUT2D eigenvalue weighted by atomic mass is 14.7. The minimum absolute atomic E-state index is 0.196. The molecule has 1 atom stereocenters. The van der Waals surface area contributed by atoms with Gasteiger partial charge in [-0.05, 0) is 61.1 Å². The molecule has 2 heteroatoms. The second-order valence-electron chi connectivity index (χ2n) is 5.75. The second kappa shape index (κ2) is 4.43. The maximum atomic E-state index is 6.34. The van der Waals surface area contributed by atoms with Crippen LogP contribution in [0.3, 0.4) is 0 Å². The molecular formula is C15H22N2. The number of hydrogen-bond acceptors (Lipinski definition) is 2. The molecule has 2 aliphatic carbocycles. The van der Waals surface area contributed by atoms with Crippen molar-refractivity contribution in [1.82, 2.24) is 0 Å². The van der Waals surface area contributed by atoms with Gasteiger partial charge < -0.3 is 11.5 Å². The molecule has 0 heterocycles. The van der Waals surface area contributed by atoms with Gasteiger partial charge in [-0.15, -0.1) is 0 Å². The van der Waals surface area contributed by atoms with Crippen LogP contribution in [0.4, 0.5) is 0 Å². The Morgan fingerprint density at radius 1 is 1.06 bits per heavy atom. The van der Waals surface area contributed by atoms with Crippen molar-refractivity contribution in [2.24, 2.45) is 17.4 Å². The van der Waals surface area contributed by atoms with Gasteiger partial charge in [0.2, 0.25) is 0 Å². The molecule has 2 aliphatic rings. The summed E-state index contributed by atoms with van der Waals surface area (Å²) in [6.45, 7) is 0. The van der Waals surface area contributed by atoms with Gasteiger partial charge in [0, 0.05) is 12.1 Å². The summed E-state index contributed by atoms with van der Waals surface area (Å²) in [6.07, 6.45) is 7.35. The van der Waals surface area contributed by atoms with Gasteiger partial charge in [0.15, 0.2) is 0 Å². The maximum absolute atomic E-state index is 6.34. The van der Waals surface area contributed by atoms with E-state index >= 15 is 0 Å². The lowest BCUT2D eigenvalue weighted by Gasteiger charge is -2.37. The lowest BCUT2D eigenvalue weighted by atomic mass is 9.74. The summed E-state index contributed by atoms with van der Waals surface area (Å²) in [5, 5.41) is 0. The standard InChI is InChI=1S/C15H22N2/c16-14-8-13(9-14)15(17)12-6-5-10-3-1-2-4-11(10)7-12/h5-7,13-15H,1-4,8-9,16-17H2. The van der Waals surface area contributed by atoms with Crippen LogP contribution in [0.2, 0.25) is 0 Å². The van der Waals surface area contributed by atoms with Crippen molar-refractivity contribution >= 4 is 0 Å². The van der Waals surface area contributed by atoms with Crippen LogP contribution in [0, 0.1) is 5.92 Å². The molecule has 1 aromatic carbocycles. The van der Waals surface area contributed by atoms with Crippen LogP contribution >= 0.6 is 0 Å². The molecule has 92 valence electrons. The zero-order valence-electron chi connectivity index (χ0n) is 10.4. The Morgan fingerprint density at radius 3 is 2.47 bits per heavy atom. The Hall–Kier alpha value is -0.860. The smallest absolute Gasteiger partial charge is 0.0324 e. The fourth-order valence-corrected chi connectivity index (χ4v) is 3.23. The third-order valence-electron chi connectivity index (χ3n) is 4.48. The Morgan fingerprint density at radius 2 is 1.76 bits per heavy atom. The Labute approximate surface area is 103 Å². The highest BCUT2D eigenvalue weighted by Gasteiger charge is 2.31. The summed E-state index contributed by atoms with van der Waals surface area (Å²) in [5.74, 6) is 0.603. The molecule has 0 radical (unpaired) electrons. The van der Waals surface area contributed by atoms with Crippen molar-refractivity contribution in [2.45, 2.75) is 50.6 Å². The van der Waals surface area contributed by atoms with E-state index in [-0.39, 0.29) is 6.04 Å². The number of benzene rings is 1. The van der Waals surface area contributed by atoms with Crippen molar-refractivity contribution in [3.8, 4) is 0 Å². The SMILES string of the molecule is NC1CC(C(N)c2ccc3c(c2)CCCC3)C1. The zero-order chi connectivity index (χ0) is 11.8. The van der Waals surface area contributed by atoms with E-state index in [2.05, 4.69) is 18.2 Å². The zero-order valence-corrected chi connectivity index (χ0v) is 10.4. The highest BCUT2D eigenvalue weighted by Crippen LogP contribution is 2.36. The molecule has 1 aromatic rings. The Balaban J connectivity index is 1.78. The molecule has 0 amide bonds. The van der Waals surface area contributed by atoms with Crippen LogP contribution in [0.5, 0.6) is 0 Å². The largest absolute Gasteiger partial charge is 0.328 e. The summed E-state index contributed by atoms with van der Waals surface area (Å²) < 4.78 is 0. The fraction of sp³-hybridized carbons (Fsp3) is 0.600. The van der Waals surface area contributed by atoms with E-state index in [1.54, 1.807) is 0 Å². The first-order chi connectivity index (χ1) is 8.24. The number of fused-ring (bicyclic) bond motifs is 1. The topological polar surface area (TPSA) is 52.0 Å². The number of hydrogen-bond donors (Lipinski definition) is 2. The van der Waals surface area contributed by atoms with Crippen LogP contribution in [0.1, 0.15) is 48.4 Å². The van der Waals surface area contributed by atoms with E-state index < -0.39 is 0 Å². The van der Waals surface area contributed by atoms with Gasteiger partial charge in [-0.25, -0.2) is 0 Å². The molecule has 0 bridgehead atoms. The Kier molecular flexibility index (Phi) is 2.93. The van der Waals surface area contributed by atoms with Gasteiger partial charge in [-0.3, -0.25) is 0 Å². The summed E-state index contributed by atoms with van der Waals surface area (Å²) in [4.78, 5) is 0. The Bertz CT molecular complexity index is 407. The lowest BCUT2D eigenvalue weighted by molar-refractivity contribution is 0.224. The lowest BCUT2D eigenvalue weighted by Crippen LogP contribution is -2.41. The van der Waals surface area contributed by atoms with E-state index in [0.717, 1.165) is 12.8 Å². The molecular weight excluding hydrogens is 208 g/mol. The molecule has 17 heavy (non-hydrogen) atoms. The first-order valence-corrected chi connectivity index (χ1v) is 6.87. The summed E-state index contributed by atoms with van der Waals surface area (Å²) in [7, 11) is 0. The van der Waals surface area contributed by atoms with Crippen LogP contribution in [-0.4, -0.2) is 6.04 Å². The normalized spacial score (nSPS) is 29.3. The first-order valence-electron chi connectivity index (χ1n) is 6.87. The monoisotopic (exact) mass is 230 g/mol. The number of aryl methyl sites for hydroxylation is 2. The van der Waals surface area contributed by atoms with Crippen LogP contribution in [-0.2, 0) is 12.8 Å². The molecule has 0 saturated heterocycles. The first kappa shape index (κ1) is 11.2. The van der Waals surface area contributed by atoms with Crippen molar-refractivity contribution in [2.75, 3.05) is 0 Å².